The van der Waals surface area contributed by atoms with Crippen molar-refractivity contribution in [2.24, 2.45) is 9.98 Å². The van der Waals surface area contributed by atoms with Crippen LogP contribution in [0.5, 0.6) is 11.5 Å². The van der Waals surface area contributed by atoms with E-state index in [4.69, 9.17) is 0 Å². The molecule has 46 heavy (non-hydrogen) atoms. The molecule has 2 aliphatic rings. The second-order valence-corrected chi connectivity index (χ2v) is 10.4. The summed E-state index contributed by atoms with van der Waals surface area (Å²) in [6, 6.07) is 28.5. The van der Waals surface area contributed by atoms with Gasteiger partial charge in [-0.1, -0.05) is 48.5 Å². The SMILES string of the molecule is O=C1c2ccccc2C(=O)N1c1cc(N2C(=O)c3ccccc3C2=O)c(N=Cc2ccccc2O)cc1N=Cc1ccccc1O. The largest absolute Gasteiger partial charge is 0.507 e. The molecular weight excluding hydrogens is 584 g/mol. The van der Waals surface area contributed by atoms with Crippen LogP contribution in [-0.2, 0) is 0 Å². The van der Waals surface area contributed by atoms with Crippen molar-refractivity contribution in [2.75, 3.05) is 9.80 Å². The molecule has 4 amide bonds. The van der Waals surface area contributed by atoms with E-state index in [1.165, 1.54) is 61.0 Å². The van der Waals surface area contributed by atoms with Crippen LogP contribution in [0.3, 0.4) is 0 Å². The molecule has 2 N–H and O–H groups in total. The molecule has 2 heterocycles. The Bertz CT molecular complexity index is 1970. The van der Waals surface area contributed by atoms with Crippen molar-refractivity contribution >= 4 is 58.8 Å². The number of para-hydroxylation sites is 2. The van der Waals surface area contributed by atoms with Crippen LogP contribution in [0.15, 0.2) is 119 Å². The van der Waals surface area contributed by atoms with E-state index in [1.54, 1.807) is 60.7 Å². The number of anilines is 2. The molecule has 0 aromatic heterocycles. The molecule has 0 aliphatic carbocycles. The zero-order valence-electron chi connectivity index (χ0n) is 23.9. The van der Waals surface area contributed by atoms with Gasteiger partial charge in [-0.2, -0.15) is 0 Å². The summed E-state index contributed by atoms with van der Waals surface area (Å²) in [6.07, 6.45) is 2.73. The first-order chi connectivity index (χ1) is 22.3. The number of fused-ring (bicyclic) bond motifs is 2. The summed E-state index contributed by atoms with van der Waals surface area (Å²) in [5.41, 5.74) is 1.62. The molecule has 0 saturated carbocycles. The highest BCUT2D eigenvalue weighted by Gasteiger charge is 2.41. The molecule has 0 saturated heterocycles. The molecule has 10 nitrogen and oxygen atoms in total. The zero-order chi connectivity index (χ0) is 31.9. The minimum absolute atomic E-state index is 0.00839. The van der Waals surface area contributed by atoms with Crippen LogP contribution in [-0.4, -0.2) is 46.3 Å². The van der Waals surface area contributed by atoms with Crippen LogP contribution in [0.1, 0.15) is 52.6 Å². The molecule has 0 unspecified atom stereocenters. The number of imide groups is 2. The van der Waals surface area contributed by atoms with Gasteiger partial charge in [-0.25, -0.2) is 9.80 Å². The number of carbonyl (C=O) groups excluding carboxylic acids is 4. The zero-order valence-corrected chi connectivity index (χ0v) is 23.9. The average molecular weight is 607 g/mol. The number of hydrogen-bond acceptors (Lipinski definition) is 8. The van der Waals surface area contributed by atoms with Crippen molar-refractivity contribution in [3.63, 3.8) is 0 Å². The van der Waals surface area contributed by atoms with Gasteiger partial charge in [0.1, 0.15) is 11.5 Å². The fourth-order valence-corrected chi connectivity index (χ4v) is 5.41. The van der Waals surface area contributed by atoms with Crippen molar-refractivity contribution in [2.45, 2.75) is 0 Å². The molecule has 2 aliphatic heterocycles. The normalized spacial score (nSPS) is 14.2. The monoisotopic (exact) mass is 606 g/mol. The molecule has 0 spiro atoms. The maximum Gasteiger partial charge on any atom is 0.266 e. The molecule has 0 atom stereocenters. The number of benzene rings is 5. The van der Waals surface area contributed by atoms with E-state index >= 15 is 0 Å². The maximum absolute atomic E-state index is 13.7. The van der Waals surface area contributed by atoms with Crippen molar-refractivity contribution in [1.82, 2.24) is 0 Å². The minimum Gasteiger partial charge on any atom is -0.507 e. The lowest BCUT2D eigenvalue weighted by Crippen LogP contribution is -2.32. The topological polar surface area (TPSA) is 140 Å². The Morgan fingerprint density at radius 2 is 0.783 bits per heavy atom. The van der Waals surface area contributed by atoms with Gasteiger partial charge in [0, 0.05) is 23.6 Å². The summed E-state index contributed by atoms with van der Waals surface area (Å²) in [6.45, 7) is 0. The van der Waals surface area contributed by atoms with Crippen molar-refractivity contribution in [3.05, 3.63) is 143 Å². The fourth-order valence-electron chi connectivity index (χ4n) is 5.41. The van der Waals surface area contributed by atoms with Crippen LogP contribution in [0.25, 0.3) is 0 Å². The fraction of sp³-hybridized carbons (Fsp3) is 0. The first-order valence-corrected chi connectivity index (χ1v) is 14.1. The van der Waals surface area contributed by atoms with Crippen LogP contribution in [0, 0.1) is 0 Å². The third-order valence-corrected chi connectivity index (χ3v) is 7.70. The van der Waals surface area contributed by atoms with Crippen molar-refractivity contribution < 1.29 is 29.4 Å². The van der Waals surface area contributed by atoms with Gasteiger partial charge >= 0.3 is 0 Å². The van der Waals surface area contributed by atoms with Crippen molar-refractivity contribution in [3.8, 4) is 11.5 Å². The third kappa shape index (κ3) is 4.61. The predicted octanol–water partition coefficient (Wildman–Crippen LogP) is 6.20. The molecule has 10 heteroatoms. The van der Waals surface area contributed by atoms with E-state index in [-0.39, 0.29) is 56.5 Å². The van der Waals surface area contributed by atoms with Gasteiger partial charge in [-0.15, -0.1) is 0 Å². The molecule has 222 valence electrons. The van der Waals surface area contributed by atoms with Gasteiger partial charge in [0.05, 0.1) is 45.0 Å². The van der Waals surface area contributed by atoms with E-state index in [0.717, 1.165) is 9.80 Å². The Hall–Kier alpha value is -6.68. The Morgan fingerprint density at radius 3 is 1.13 bits per heavy atom. The first-order valence-electron chi connectivity index (χ1n) is 14.1. The number of hydrogen-bond donors (Lipinski definition) is 2. The lowest BCUT2D eigenvalue weighted by atomic mass is 10.1. The number of rotatable bonds is 6. The predicted molar refractivity (Wildman–Crippen MR) is 172 cm³/mol. The van der Waals surface area contributed by atoms with E-state index in [9.17, 15) is 29.4 Å². The smallest absolute Gasteiger partial charge is 0.266 e. The lowest BCUT2D eigenvalue weighted by molar-refractivity contribution is 0.0912. The number of carbonyl (C=O) groups is 4. The summed E-state index contributed by atoms with van der Waals surface area (Å²) in [7, 11) is 0. The standard InChI is InChI=1S/C36H22N4O6/c41-31-15-7-1-9-21(31)19-37-27-17-28(38-20-22-10-2-8-16-32(22)42)30(40-35(45)25-13-5-6-14-26(25)36(40)46)18-29(27)39-33(43)23-11-3-4-12-24(23)34(39)44/h1-20,41-42H. The molecule has 7 rings (SSSR count). The number of phenolic OH excluding ortho intramolecular Hbond substituents is 2. The Kier molecular flexibility index (Phi) is 6.79. The lowest BCUT2D eigenvalue weighted by Gasteiger charge is -2.22. The van der Waals surface area contributed by atoms with E-state index < -0.39 is 23.6 Å². The van der Waals surface area contributed by atoms with Gasteiger partial charge in [0.2, 0.25) is 0 Å². The van der Waals surface area contributed by atoms with E-state index in [0.29, 0.717) is 11.1 Å². The van der Waals surface area contributed by atoms with Gasteiger partial charge in [-0.3, -0.25) is 29.2 Å². The van der Waals surface area contributed by atoms with Crippen LogP contribution in [0.2, 0.25) is 0 Å². The Labute approximate surface area is 261 Å². The second-order valence-electron chi connectivity index (χ2n) is 10.4. The van der Waals surface area contributed by atoms with Crippen LogP contribution in [0.4, 0.5) is 22.7 Å². The quantitative estimate of drug-likeness (QED) is 0.174. The molecular formula is C36H22N4O6. The third-order valence-electron chi connectivity index (χ3n) is 7.70. The first kappa shape index (κ1) is 28.1. The summed E-state index contributed by atoms with van der Waals surface area (Å²) in [5.74, 6) is -2.54. The molecule has 0 bridgehead atoms. The van der Waals surface area contributed by atoms with Crippen LogP contribution < -0.4 is 9.80 Å². The van der Waals surface area contributed by atoms with Crippen molar-refractivity contribution in [1.29, 1.82) is 0 Å². The highest BCUT2D eigenvalue weighted by Crippen LogP contribution is 2.45. The number of phenols is 2. The number of aromatic hydroxyl groups is 2. The molecule has 5 aromatic rings. The van der Waals surface area contributed by atoms with Gasteiger partial charge in [-0.05, 0) is 60.7 Å². The summed E-state index contributed by atoms with van der Waals surface area (Å²) in [5, 5.41) is 20.7. The second kappa shape index (κ2) is 11.1. The minimum atomic E-state index is -0.613. The van der Waals surface area contributed by atoms with Crippen LogP contribution >= 0.6 is 0 Å². The highest BCUT2D eigenvalue weighted by molar-refractivity contribution is 6.37. The number of aliphatic imine (C=N–C) groups is 2. The summed E-state index contributed by atoms with van der Waals surface area (Å²) in [4.78, 5) is 65.7. The Morgan fingerprint density at radius 1 is 0.457 bits per heavy atom. The highest BCUT2D eigenvalue weighted by atomic mass is 16.3. The van der Waals surface area contributed by atoms with Gasteiger partial charge < -0.3 is 10.2 Å². The number of nitrogens with zero attached hydrogens (tertiary/aromatic N) is 4. The summed E-state index contributed by atoms with van der Waals surface area (Å²) >= 11 is 0. The van der Waals surface area contributed by atoms with Gasteiger partial charge in [0.25, 0.3) is 23.6 Å². The van der Waals surface area contributed by atoms with E-state index in [2.05, 4.69) is 9.98 Å². The molecule has 0 radical (unpaired) electrons. The average Bonchev–Trinajstić information content (AvgIpc) is 3.48. The maximum atomic E-state index is 13.7. The molecule has 0 fully saturated rings. The van der Waals surface area contributed by atoms with Gasteiger partial charge in [0.15, 0.2) is 0 Å². The molecule has 5 aromatic carbocycles. The number of amides is 4. The summed E-state index contributed by atoms with van der Waals surface area (Å²) < 4.78 is 0. The van der Waals surface area contributed by atoms with E-state index in [1.807, 2.05) is 0 Å². The Balaban J connectivity index is 1.46.